The molecular formula is C21H15Cl2FN4O3S. The van der Waals surface area contributed by atoms with Crippen LogP contribution in [0.25, 0.3) is 27.8 Å². The predicted octanol–water partition coefficient (Wildman–Crippen LogP) is 4.41. The van der Waals surface area contributed by atoms with Gasteiger partial charge in [-0.1, -0.05) is 35.3 Å². The maximum Gasteiger partial charge on any atom is 0.267 e. The number of amides is 1. The molecule has 1 heterocycles. The molecule has 0 atom stereocenters. The van der Waals surface area contributed by atoms with E-state index in [0.29, 0.717) is 27.3 Å². The van der Waals surface area contributed by atoms with Gasteiger partial charge in [-0.05, 0) is 36.4 Å². The van der Waals surface area contributed by atoms with Gasteiger partial charge in [-0.3, -0.25) is 4.79 Å². The van der Waals surface area contributed by atoms with Gasteiger partial charge in [0.05, 0.1) is 28.0 Å². The number of fused-ring (bicyclic) bond motifs is 1. The lowest BCUT2D eigenvalue weighted by molar-refractivity contribution is 0.0978. The van der Waals surface area contributed by atoms with Gasteiger partial charge in [-0.25, -0.2) is 22.2 Å². The van der Waals surface area contributed by atoms with Crippen LogP contribution in [0.15, 0.2) is 54.6 Å². The zero-order valence-electron chi connectivity index (χ0n) is 16.4. The van der Waals surface area contributed by atoms with E-state index in [1.165, 1.54) is 4.68 Å². The number of aromatic nitrogens is 2. The molecule has 0 aliphatic rings. The Bertz CT molecular complexity index is 1490. The molecule has 11 heteroatoms. The quantitative estimate of drug-likeness (QED) is 0.410. The number of nitrogens with two attached hydrogens (primary N) is 1. The van der Waals surface area contributed by atoms with Crippen molar-refractivity contribution in [2.24, 2.45) is 0 Å². The van der Waals surface area contributed by atoms with Gasteiger partial charge in [-0.2, -0.15) is 5.10 Å². The van der Waals surface area contributed by atoms with Crippen LogP contribution in [0, 0.1) is 5.82 Å². The molecule has 164 valence electrons. The molecule has 3 aromatic carbocycles. The number of nitrogens with one attached hydrogen (secondary N) is 1. The minimum absolute atomic E-state index is 0.00624. The molecule has 32 heavy (non-hydrogen) atoms. The number of anilines is 1. The van der Waals surface area contributed by atoms with Crippen LogP contribution in [0.2, 0.25) is 10.0 Å². The molecule has 0 spiro atoms. The van der Waals surface area contributed by atoms with E-state index in [2.05, 4.69) is 5.10 Å². The first-order valence-electron chi connectivity index (χ1n) is 9.09. The van der Waals surface area contributed by atoms with Crippen LogP contribution >= 0.6 is 23.2 Å². The summed E-state index contributed by atoms with van der Waals surface area (Å²) in [5, 5.41) is 5.78. The Morgan fingerprint density at radius 2 is 1.78 bits per heavy atom. The first-order chi connectivity index (χ1) is 15.0. The molecule has 1 amide bonds. The van der Waals surface area contributed by atoms with E-state index < -0.39 is 27.3 Å². The fourth-order valence-electron chi connectivity index (χ4n) is 3.22. The number of hydrogen-bond donors (Lipinski definition) is 2. The predicted molar refractivity (Wildman–Crippen MR) is 123 cm³/mol. The minimum atomic E-state index is -3.87. The number of nitrogen functional groups attached to an aromatic ring is 1. The summed E-state index contributed by atoms with van der Waals surface area (Å²) in [7, 11) is -3.87. The Hall–Kier alpha value is -3.14. The van der Waals surface area contributed by atoms with Crippen molar-refractivity contribution < 1.29 is 17.6 Å². The second kappa shape index (κ2) is 8.09. The SMILES string of the molecule is CS(=O)(=O)NC(=O)c1cc(Cl)c(-n2nc(-c3ccc(N)cc3)c3cc(Cl)ccc32)cc1F. The normalized spacial score (nSPS) is 11.6. The highest BCUT2D eigenvalue weighted by molar-refractivity contribution is 7.89. The largest absolute Gasteiger partial charge is 0.399 e. The van der Waals surface area contributed by atoms with Crippen molar-refractivity contribution >= 4 is 55.7 Å². The standard InChI is InChI=1S/C21H15Cl2FN4O3S/c1-32(30,31)27-21(29)14-9-16(23)19(10-17(14)24)28-18-7-4-12(22)8-15(18)20(26-28)11-2-5-13(25)6-3-11/h2-10H,25H2,1H3,(H,27,29). The monoisotopic (exact) mass is 492 g/mol. The van der Waals surface area contributed by atoms with Gasteiger partial charge in [0.25, 0.3) is 5.91 Å². The Balaban J connectivity index is 1.90. The molecule has 0 fully saturated rings. The van der Waals surface area contributed by atoms with Gasteiger partial charge >= 0.3 is 0 Å². The van der Waals surface area contributed by atoms with Crippen molar-refractivity contribution in [3.05, 3.63) is 76.0 Å². The molecule has 0 aliphatic carbocycles. The third-order valence-corrected chi connectivity index (χ3v) is 5.71. The lowest BCUT2D eigenvalue weighted by Crippen LogP contribution is -2.30. The number of benzene rings is 3. The number of rotatable bonds is 4. The van der Waals surface area contributed by atoms with E-state index in [0.717, 1.165) is 24.0 Å². The van der Waals surface area contributed by atoms with Gasteiger partial charge in [0, 0.05) is 27.7 Å². The zero-order valence-corrected chi connectivity index (χ0v) is 18.8. The average molecular weight is 493 g/mol. The van der Waals surface area contributed by atoms with Crippen LogP contribution in [0.3, 0.4) is 0 Å². The third-order valence-electron chi connectivity index (χ3n) is 4.61. The number of sulfonamides is 1. The van der Waals surface area contributed by atoms with Gasteiger partial charge in [0.2, 0.25) is 10.0 Å². The molecule has 0 radical (unpaired) electrons. The van der Waals surface area contributed by atoms with E-state index in [-0.39, 0.29) is 10.7 Å². The van der Waals surface area contributed by atoms with Crippen molar-refractivity contribution in [1.82, 2.24) is 14.5 Å². The van der Waals surface area contributed by atoms with Crippen LogP contribution < -0.4 is 10.5 Å². The minimum Gasteiger partial charge on any atom is -0.399 e. The summed E-state index contributed by atoms with van der Waals surface area (Å²) in [5.74, 6) is -2.09. The average Bonchev–Trinajstić information content (AvgIpc) is 3.07. The highest BCUT2D eigenvalue weighted by Gasteiger charge is 2.21. The van der Waals surface area contributed by atoms with E-state index >= 15 is 0 Å². The third kappa shape index (κ3) is 4.27. The van der Waals surface area contributed by atoms with Gasteiger partial charge in [0.15, 0.2) is 0 Å². The molecule has 0 unspecified atom stereocenters. The zero-order chi connectivity index (χ0) is 23.2. The molecule has 1 aromatic heterocycles. The van der Waals surface area contributed by atoms with E-state index in [9.17, 15) is 17.6 Å². The van der Waals surface area contributed by atoms with Crippen molar-refractivity contribution in [1.29, 1.82) is 0 Å². The van der Waals surface area contributed by atoms with Crippen molar-refractivity contribution in [2.45, 2.75) is 0 Å². The maximum absolute atomic E-state index is 14.8. The first kappa shape index (κ1) is 22.1. The summed E-state index contributed by atoms with van der Waals surface area (Å²) in [6.07, 6.45) is 0.790. The number of hydrogen-bond acceptors (Lipinski definition) is 5. The molecular weight excluding hydrogens is 478 g/mol. The molecule has 0 saturated carbocycles. The Morgan fingerprint density at radius 1 is 1.09 bits per heavy atom. The summed E-state index contributed by atoms with van der Waals surface area (Å²) >= 11 is 12.5. The number of carbonyl (C=O) groups excluding carboxylic acids is 1. The molecule has 7 nitrogen and oxygen atoms in total. The van der Waals surface area contributed by atoms with Crippen LogP contribution in [0.5, 0.6) is 0 Å². The van der Waals surface area contributed by atoms with Gasteiger partial charge < -0.3 is 5.73 Å². The second-order valence-corrected chi connectivity index (χ2v) is 9.62. The summed E-state index contributed by atoms with van der Waals surface area (Å²) in [6, 6.07) is 14.2. The fraction of sp³-hybridized carbons (Fsp3) is 0.0476. The highest BCUT2D eigenvalue weighted by Crippen LogP contribution is 2.34. The second-order valence-electron chi connectivity index (χ2n) is 7.03. The molecule has 0 saturated heterocycles. The summed E-state index contributed by atoms with van der Waals surface area (Å²) in [4.78, 5) is 12.1. The van der Waals surface area contributed by atoms with E-state index in [1.54, 1.807) is 47.2 Å². The van der Waals surface area contributed by atoms with Crippen LogP contribution in [0.4, 0.5) is 10.1 Å². The molecule has 4 rings (SSSR count). The summed E-state index contributed by atoms with van der Waals surface area (Å²) < 4.78 is 40.6. The summed E-state index contributed by atoms with van der Waals surface area (Å²) in [5.41, 5.74) is 7.93. The fourth-order valence-corrected chi connectivity index (χ4v) is 4.09. The van der Waals surface area contributed by atoms with Crippen LogP contribution in [-0.4, -0.2) is 30.4 Å². The Morgan fingerprint density at radius 3 is 2.44 bits per heavy atom. The maximum atomic E-state index is 14.8. The smallest absolute Gasteiger partial charge is 0.267 e. The van der Waals surface area contributed by atoms with Gasteiger partial charge in [0.1, 0.15) is 11.5 Å². The molecule has 0 aliphatic heterocycles. The first-order valence-corrected chi connectivity index (χ1v) is 11.7. The van der Waals surface area contributed by atoms with E-state index in [1.807, 2.05) is 0 Å². The van der Waals surface area contributed by atoms with Gasteiger partial charge in [-0.15, -0.1) is 0 Å². The highest BCUT2D eigenvalue weighted by atomic mass is 35.5. The Kier molecular flexibility index (Phi) is 5.58. The number of carbonyl (C=O) groups is 1. The van der Waals surface area contributed by atoms with E-state index in [4.69, 9.17) is 28.9 Å². The lowest BCUT2D eigenvalue weighted by atomic mass is 10.1. The lowest BCUT2D eigenvalue weighted by Gasteiger charge is -2.10. The van der Waals surface area contributed by atoms with Crippen LogP contribution in [0.1, 0.15) is 10.4 Å². The van der Waals surface area contributed by atoms with Crippen molar-refractivity contribution in [3.8, 4) is 16.9 Å². The van der Waals surface area contributed by atoms with Crippen molar-refractivity contribution in [2.75, 3.05) is 12.0 Å². The van der Waals surface area contributed by atoms with Crippen molar-refractivity contribution in [3.63, 3.8) is 0 Å². The number of halogens is 3. The molecule has 4 aromatic rings. The van der Waals surface area contributed by atoms with Crippen LogP contribution in [-0.2, 0) is 10.0 Å². The molecule has 0 bridgehead atoms. The summed E-state index contributed by atoms with van der Waals surface area (Å²) in [6.45, 7) is 0. The number of nitrogens with zero attached hydrogens (tertiary/aromatic N) is 2. The Labute approximate surface area is 192 Å². The molecule has 3 N–H and O–H groups in total. The topological polar surface area (TPSA) is 107 Å².